The average molecular weight is 198 g/mol. The quantitative estimate of drug-likeness (QED) is 0.763. The lowest BCUT2D eigenvalue weighted by molar-refractivity contribution is 0.0687. The molecule has 0 aliphatic heterocycles. The van der Waals surface area contributed by atoms with Gasteiger partial charge in [-0.2, -0.15) is 0 Å². The van der Waals surface area contributed by atoms with Crippen LogP contribution in [0.3, 0.4) is 0 Å². The van der Waals surface area contributed by atoms with Crippen LogP contribution in [0, 0.1) is 5.92 Å². The first-order valence-electron chi connectivity index (χ1n) is 4.44. The zero-order chi connectivity index (χ0) is 10.7. The van der Waals surface area contributed by atoms with Crippen molar-refractivity contribution in [2.75, 3.05) is 0 Å². The van der Waals surface area contributed by atoms with Crippen molar-refractivity contribution < 1.29 is 14.3 Å². The number of aromatic nitrogens is 1. The number of rotatable bonds is 4. The van der Waals surface area contributed by atoms with Gasteiger partial charge in [0.05, 0.1) is 6.04 Å². The van der Waals surface area contributed by atoms with Crippen molar-refractivity contribution in [1.82, 2.24) is 4.98 Å². The van der Waals surface area contributed by atoms with E-state index in [1.807, 2.05) is 13.8 Å². The van der Waals surface area contributed by atoms with Gasteiger partial charge in [-0.25, -0.2) is 9.78 Å². The smallest absolute Gasteiger partial charge is 0.358 e. The highest BCUT2D eigenvalue weighted by molar-refractivity contribution is 5.86. The Morgan fingerprint density at radius 2 is 2.36 bits per heavy atom. The van der Waals surface area contributed by atoms with E-state index in [1.54, 1.807) is 0 Å². The summed E-state index contributed by atoms with van der Waals surface area (Å²) >= 11 is 0. The second kappa shape index (κ2) is 4.23. The molecule has 0 amide bonds. The van der Waals surface area contributed by atoms with Gasteiger partial charge in [-0.3, -0.25) is 0 Å². The van der Waals surface area contributed by atoms with Crippen molar-refractivity contribution in [2.45, 2.75) is 26.3 Å². The molecule has 0 bridgehead atoms. The minimum atomic E-state index is -1.10. The predicted octanol–water partition coefficient (Wildman–Crippen LogP) is 1.42. The van der Waals surface area contributed by atoms with Crippen LogP contribution in [-0.2, 0) is 0 Å². The first kappa shape index (κ1) is 10.7. The molecule has 78 valence electrons. The molecule has 0 saturated carbocycles. The van der Waals surface area contributed by atoms with Crippen LogP contribution in [-0.4, -0.2) is 16.1 Å². The van der Waals surface area contributed by atoms with Crippen molar-refractivity contribution in [2.24, 2.45) is 11.7 Å². The highest BCUT2D eigenvalue weighted by Gasteiger charge is 2.21. The molecule has 0 spiro atoms. The summed E-state index contributed by atoms with van der Waals surface area (Å²) in [5.74, 6) is -0.462. The van der Waals surface area contributed by atoms with Crippen LogP contribution in [0.4, 0.5) is 0 Å². The summed E-state index contributed by atoms with van der Waals surface area (Å²) in [6, 6.07) is -0.399. The van der Waals surface area contributed by atoms with Gasteiger partial charge in [0.2, 0.25) is 0 Å². The summed E-state index contributed by atoms with van der Waals surface area (Å²) in [6.45, 7) is 4.02. The normalized spacial score (nSPS) is 13.1. The number of nitrogens with two attached hydrogens (primary N) is 1. The Morgan fingerprint density at radius 1 is 1.71 bits per heavy atom. The predicted molar refractivity (Wildman–Crippen MR) is 49.8 cm³/mol. The number of hydrogen-bond donors (Lipinski definition) is 2. The van der Waals surface area contributed by atoms with Crippen LogP contribution < -0.4 is 5.73 Å². The Balaban J connectivity index is 2.84. The molecule has 3 N–H and O–H groups in total. The number of oxazole rings is 1. The van der Waals surface area contributed by atoms with Crippen molar-refractivity contribution >= 4 is 5.97 Å². The van der Waals surface area contributed by atoms with Crippen LogP contribution in [0.5, 0.6) is 0 Å². The van der Waals surface area contributed by atoms with Crippen molar-refractivity contribution in [3.63, 3.8) is 0 Å². The molecular weight excluding hydrogens is 184 g/mol. The van der Waals surface area contributed by atoms with E-state index in [0.29, 0.717) is 12.3 Å². The first-order valence-corrected chi connectivity index (χ1v) is 4.44. The van der Waals surface area contributed by atoms with Gasteiger partial charge in [0.15, 0.2) is 17.8 Å². The minimum Gasteiger partial charge on any atom is -0.476 e. The fourth-order valence-electron chi connectivity index (χ4n) is 1.29. The molecule has 5 nitrogen and oxygen atoms in total. The van der Waals surface area contributed by atoms with E-state index in [1.165, 1.54) is 0 Å². The van der Waals surface area contributed by atoms with E-state index >= 15 is 0 Å². The SMILES string of the molecule is CC(C)CC(N)c1ocnc1C(=O)O. The molecule has 1 aromatic rings. The molecule has 1 heterocycles. The molecule has 14 heavy (non-hydrogen) atoms. The number of aromatic carboxylic acids is 1. The van der Waals surface area contributed by atoms with Crippen molar-refractivity contribution in [1.29, 1.82) is 0 Å². The molecule has 0 aliphatic rings. The monoisotopic (exact) mass is 198 g/mol. The molecular formula is C9H14N2O3. The van der Waals surface area contributed by atoms with Gasteiger partial charge in [0.1, 0.15) is 0 Å². The Bertz CT molecular complexity index is 320. The number of carbonyl (C=O) groups is 1. The molecule has 0 radical (unpaired) electrons. The number of carboxylic acid groups (broad SMARTS) is 1. The van der Waals surface area contributed by atoms with Crippen LogP contribution >= 0.6 is 0 Å². The summed E-state index contributed by atoms with van der Waals surface area (Å²) in [5, 5.41) is 8.76. The summed E-state index contributed by atoms with van der Waals surface area (Å²) in [4.78, 5) is 14.3. The van der Waals surface area contributed by atoms with Gasteiger partial charge < -0.3 is 15.3 Å². The standard InChI is InChI=1S/C9H14N2O3/c1-5(2)3-6(10)8-7(9(12)13)11-4-14-8/h4-6H,3,10H2,1-2H3,(H,12,13). The van der Waals surface area contributed by atoms with Crippen molar-refractivity contribution in [3.05, 3.63) is 17.8 Å². The zero-order valence-electron chi connectivity index (χ0n) is 8.23. The van der Waals surface area contributed by atoms with Crippen LogP contribution in [0.25, 0.3) is 0 Å². The molecule has 0 fully saturated rings. The lowest BCUT2D eigenvalue weighted by Crippen LogP contribution is -2.15. The fourth-order valence-corrected chi connectivity index (χ4v) is 1.29. The summed E-state index contributed by atoms with van der Waals surface area (Å²) in [5.41, 5.74) is 5.70. The summed E-state index contributed by atoms with van der Waals surface area (Å²) < 4.78 is 4.97. The van der Waals surface area contributed by atoms with Gasteiger partial charge in [-0.15, -0.1) is 0 Å². The summed E-state index contributed by atoms with van der Waals surface area (Å²) in [6.07, 6.45) is 1.79. The summed E-state index contributed by atoms with van der Waals surface area (Å²) in [7, 11) is 0. The third-order valence-corrected chi connectivity index (χ3v) is 1.86. The Hall–Kier alpha value is -1.36. The lowest BCUT2D eigenvalue weighted by Gasteiger charge is -2.11. The van der Waals surface area contributed by atoms with Gasteiger partial charge >= 0.3 is 5.97 Å². The molecule has 0 aromatic carbocycles. The highest BCUT2D eigenvalue weighted by atomic mass is 16.4. The van der Waals surface area contributed by atoms with E-state index in [-0.39, 0.29) is 11.5 Å². The molecule has 0 saturated heterocycles. The number of carboxylic acids is 1. The van der Waals surface area contributed by atoms with Crippen LogP contribution in [0.15, 0.2) is 10.8 Å². The molecule has 1 unspecified atom stereocenters. The first-order chi connectivity index (χ1) is 6.52. The van der Waals surface area contributed by atoms with Crippen LogP contribution in [0.1, 0.15) is 42.6 Å². The Morgan fingerprint density at radius 3 is 2.86 bits per heavy atom. The maximum absolute atomic E-state index is 10.7. The molecule has 1 atom stereocenters. The van der Waals surface area contributed by atoms with E-state index in [0.717, 1.165) is 6.39 Å². The highest BCUT2D eigenvalue weighted by Crippen LogP contribution is 2.21. The molecule has 1 rings (SSSR count). The molecule has 0 aliphatic carbocycles. The minimum absolute atomic E-state index is 0.0850. The van der Waals surface area contributed by atoms with Gasteiger partial charge in [0.25, 0.3) is 0 Å². The number of nitrogens with zero attached hydrogens (tertiary/aromatic N) is 1. The second-order valence-corrected chi connectivity index (χ2v) is 3.61. The Kier molecular flexibility index (Phi) is 3.24. The van der Waals surface area contributed by atoms with Crippen LogP contribution in [0.2, 0.25) is 0 Å². The van der Waals surface area contributed by atoms with E-state index in [4.69, 9.17) is 15.3 Å². The van der Waals surface area contributed by atoms with E-state index in [2.05, 4.69) is 4.98 Å². The largest absolute Gasteiger partial charge is 0.476 e. The third kappa shape index (κ3) is 2.32. The van der Waals surface area contributed by atoms with E-state index < -0.39 is 12.0 Å². The van der Waals surface area contributed by atoms with Gasteiger partial charge in [0, 0.05) is 0 Å². The average Bonchev–Trinajstić information content (AvgIpc) is 2.49. The Labute approximate surface area is 81.9 Å². The second-order valence-electron chi connectivity index (χ2n) is 3.61. The van der Waals surface area contributed by atoms with Gasteiger partial charge in [-0.05, 0) is 12.3 Å². The van der Waals surface area contributed by atoms with Gasteiger partial charge in [-0.1, -0.05) is 13.8 Å². The number of hydrogen-bond acceptors (Lipinski definition) is 4. The molecule has 5 heteroatoms. The maximum Gasteiger partial charge on any atom is 0.358 e. The fraction of sp³-hybridized carbons (Fsp3) is 0.556. The van der Waals surface area contributed by atoms with E-state index in [9.17, 15) is 4.79 Å². The lowest BCUT2D eigenvalue weighted by atomic mass is 10.0. The topological polar surface area (TPSA) is 89.4 Å². The third-order valence-electron chi connectivity index (χ3n) is 1.86. The van der Waals surface area contributed by atoms with Crippen molar-refractivity contribution in [3.8, 4) is 0 Å². The molecule has 1 aromatic heterocycles. The maximum atomic E-state index is 10.7. The zero-order valence-corrected chi connectivity index (χ0v) is 8.23.